The lowest BCUT2D eigenvalue weighted by Gasteiger charge is -2.58. The van der Waals surface area contributed by atoms with Gasteiger partial charge >= 0.3 is 0 Å². The lowest BCUT2D eigenvalue weighted by Crippen LogP contribution is -2.74. The summed E-state index contributed by atoms with van der Waals surface area (Å²) in [7, 11) is 0. The minimum absolute atomic E-state index is 0.0455. The highest BCUT2D eigenvalue weighted by Crippen LogP contribution is 2.58. The van der Waals surface area contributed by atoms with E-state index in [1.807, 2.05) is 13.8 Å². The summed E-state index contributed by atoms with van der Waals surface area (Å²) in [6, 6.07) is 0. The van der Waals surface area contributed by atoms with Gasteiger partial charge in [-0.15, -0.1) is 0 Å². The normalized spacial score (nSPS) is 57.8. The number of nitrogens with one attached hydrogen (secondary N) is 1. The quantitative estimate of drug-likeness (QED) is 0.690. The molecule has 0 aromatic heterocycles. The number of carbonyl (C=O) groups is 1. The van der Waals surface area contributed by atoms with E-state index >= 15 is 0 Å². The molecule has 1 amide bonds. The summed E-state index contributed by atoms with van der Waals surface area (Å²) in [4.78, 5) is 23.9. The third kappa shape index (κ3) is 1.46. The highest BCUT2D eigenvalue weighted by atomic mass is 17.3. The lowest BCUT2D eigenvalue weighted by molar-refractivity contribution is -0.538. The van der Waals surface area contributed by atoms with Crippen LogP contribution in [0.25, 0.3) is 0 Å². The minimum atomic E-state index is -0.731. The molecule has 4 unspecified atom stereocenters. The highest BCUT2D eigenvalue weighted by Gasteiger charge is 2.68. The molecule has 20 heavy (non-hydrogen) atoms. The zero-order valence-corrected chi connectivity index (χ0v) is 12.3. The largest absolute Gasteiger partial charge is 0.328 e. The summed E-state index contributed by atoms with van der Waals surface area (Å²) in [5, 5.41) is 3.04. The first kappa shape index (κ1) is 13.0. The Morgan fingerprint density at radius 3 is 2.75 bits per heavy atom. The Labute approximate surface area is 119 Å². The summed E-state index contributed by atoms with van der Waals surface area (Å²) in [5.74, 6) is 0.452. The summed E-state index contributed by atoms with van der Waals surface area (Å²) in [5.41, 5.74) is -0.499. The van der Waals surface area contributed by atoms with Gasteiger partial charge in [-0.2, -0.15) is 0 Å². The van der Waals surface area contributed by atoms with Crippen LogP contribution in [0.15, 0.2) is 0 Å². The van der Waals surface area contributed by atoms with E-state index < -0.39 is 11.4 Å². The zero-order valence-electron chi connectivity index (χ0n) is 12.3. The number of hydrogen-bond acceptors (Lipinski definition) is 4. The molecule has 1 N–H and O–H groups in total. The lowest BCUT2D eigenvalue weighted by atomic mass is 9.57. The average molecular weight is 281 g/mol. The van der Waals surface area contributed by atoms with Crippen LogP contribution in [0.4, 0.5) is 0 Å². The van der Waals surface area contributed by atoms with E-state index in [4.69, 9.17) is 14.5 Å². The Balaban J connectivity index is 1.84. The van der Waals surface area contributed by atoms with E-state index in [-0.39, 0.29) is 24.0 Å². The molecule has 4 saturated heterocycles. The molecule has 2 bridgehead atoms. The molecule has 112 valence electrons. The van der Waals surface area contributed by atoms with Gasteiger partial charge in [0, 0.05) is 18.3 Å². The van der Waals surface area contributed by atoms with Crippen LogP contribution in [0.2, 0.25) is 0 Å². The van der Waals surface area contributed by atoms with Gasteiger partial charge in [0.2, 0.25) is 11.7 Å². The fourth-order valence-corrected chi connectivity index (χ4v) is 4.92. The first-order valence-electron chi connectivity index (χ1n) is 7.81. The van der Waals surface area contributed by atoms with Gasteiger partial charge in [0.05, 0.1) is 0 Å². The monoisotopic (exact) mass is 281 g/mol. The second-order valence-electron chi connectivity index (χ2n) is 7.26. The maximum Gasteiger partial charge on any atom is 0.225 e. The van der Waals surface area contributed by atoms with E-state index in [0.29, 0.717) is 11.8 Å². The average Bonchev–Trinajstić information content (AvgIpc) is 2.63. The molecule has 4 aliphatic heterocycles. The third-order valence-electron chi connectivity index (χ3n) is 6.12. The van der Waals surface area contributed by atoms with Gasteiger partial charge in [0.15, 0.2) is 11.8 Å². The molecule has 1 saturated carbocycles. The molecule has 0 aromatic rings. The number of carbonyl (C=O) groups excluding carboxylic acids is 1. The zero-order chi connectivity index (χ0) is 14.1. The van der Waals surface area contributed by atoms with Gasteiger partial charge in [-0.05, 0) is 38.0 Å². The van der Waals surface area contributed by atoms with Crippen molar-refractivity contribution in [2.75, 3.05) is 0 Å². The maximum atomic E-state index is 12.2. The van der Waals surface area contributed by atoms with Gasteiger partial charge < -0.3 is 10.1 Å². The molecule has 5 rings (SSSR count). The molecule has 7 atom stereocenters. The van der Waals surface area contributed by atoms with Crippen LogP contribution < -0.4 is 5.32 Å². The van der Waals surface area contributed by atoms with Crippen molar-refractivity contribution in [2.24, 2.45) is 23.7 Å². The fourth-order valence-electron chi connectivity index (χ4n) is 4.92. The van der Waals surface area contributed by atoms with Crippen molar-refractivity contribution in [1.29, 1.82) is 0 Å². The van der Waals surface area contributed by atoms with Crippen LogP contribution in [0.5, 0.6) is 0 Å². The summed E-state index contributed by atoms with van der Waals surface area (Å²) in [6.45, 7) is 6.19. The standard InChI is InChI=1S/C15H23NO4/c1-8-4-5-11-9(2)12(17)16-13-15(11)10(8)6-7-14(3,18-13)19-20-15/h8-11,13H,4-7H2,1-3H3,(H,16,17)/t8-,9?,10?,11?,13?,14+,15-/m1/s1. The number of ether oxygens (including phenoxy) is 1. The van der Waals surface area contributed by atoms with Crippen LogP contribution >= 0.6 is 0 Å². The molecule has 1 spiro atoms. The topological polar surface area (TPSA) is 56.8 Å². The van der Waals surface area contributed by atoms with Crippen molar-refractivity contribution in [3.63, 3.8) is 0 Å². The fraction of sp³-hybridized carbons (Fsp3) is 0.933. The van der Waals surface area contributed by atoms with E-state index in [0.717, 1.165) is 25.7 Å². The number of hydrogen-bond donors (Lipinski definition) is 1. The minimum Gasteiger partial charge on any atom is -0.328 e. The van der Waals surface area contributed by atoms with Crippen molar-refractivity contribution in [3.05, 3.63) is 0 Å². The van der Waals surface area contributed by atoms with Gasteiger partial charge in [-0.3, -0.25) is 4.79 Å². The van der Waals surface area contributed by atoms with Crippen LogP contribution in [0, 0.1) is 23.7 Å². The van der Waals surface area contributed by atoms with E-state index in [1.54, 1.807) is 0 Å². The molecule has 1 aliphatic carbocycles. The third-order valence-corrected chi connectivity index (χ3v) is 6.12. The van der Waals surface area contributed by atoms with E-state index in [2.05, 4.69) is 12.2 Å². The SMILES string of the molecule is CC1C(=O)NC2O[C@]3(C)CCC4[C@H](C)CCC1[C@@]24OO3. The Kier molecular flexibility index (Phi) is 2.58. The summed E-state index contributed by atoms with van der Waals surface area (Å²) >= 11 is 0. The predicted octanol–water partition coefficient (Wildman–Crippen LogP) is 1.97. The Morgan fingerprint density at radius 1 is 1.15 bits per heavy atom. The Bertz CT molecular complexity index is 455. The van der Waals surface area contributed by atoms with Gasteiger partial charge in [-0.1, -0.05) is 13.8 Å². The molecule has 4 heterocycles. The number of piperidine rings is 1. The first-order valence-corrected chi connectivity index (χ1v) is 7.81. The van der Waals surface area contributed by atoms with Crippen molar-refractivity contribution in [3.8, 4) is 0 Å². The molecular weight excluding hydrogens is 258 g/mol. The molecule has 0 aromatic carbocycles. The Hall–Kier alpha value is -0.650. The maximum absolute atomic E-state index is 12.2. The summed E-state index contributed by atoms with van der Waals surface area (Å²) in [6.07, 6.45) is 3.64. The molecule has 5 aliphatic rings. The first-order chi connectivity index (χ1) is 9.46. The van der Waals surface area contributed by atoms with E-state index in [9.17, 15) is 4.79 Å². The van der Waals surface area contributed by atoms with Crippen molar-refractivity contribution < 1.29 is 19.3 Å². The summed E-state index contributed by atoms with van der Waals surface area (Å²) < 4.78 is 6.12. The van der Waals surface area contributed by atoms with Crippen LogP contribution in [0.3, 0.4) is 0 Å². The van der Waals surface area contributed by atoms with Gasteiger partial charge in [0.1, 0.15) is 0 Å². The number of amides is 1. The van der Waals surface area contributed by atoms with Gasteiger partial charge in [-0.25, -0.2) is 9.78 Å². The second kappa shape index (κ2) is 3.96. The van der Waals surface area contributed by atoms with Crippen LogP contribution in [-0.4, -0.2) is 23.5 Å². The Morgan fingerprint density at radius 2 is 1.95 bits per heavy atom. The molecule has 5 nitrogen and oxygen atoms in total. The van der Waals surface area contributed by atoms with Crippen molar-refractivity contribution >= 4 is 5.91 Å². The smallest absolute Gasteiger partial charge is 0.225 e. The highest BCUT2D eigenvalue weighted by molar-refractivity contribution is 5.80. The number of fused-ring (bicyclic) bond motifs is 2. The second-order valence-corrected chi connectivity index (χ2v) is 7.26. The molecular formula is C15H23NO4. The molecule has 0 radical (unpaired) electrons. The number of rotatable bonds is 0. The van der Waals surface area contributed by atoms with Gasteiger partial charge in [0.25, 0.3) is 0 Å². The van der Waals surface area contributed by atoms with Crippen molar-refractivity contribution in [2.45, 2.75) is 64.1 Å². The predicted molar refractivity (Wildman–Crippen MR) is 70.1 cm³/mol. The van der Waals surface area contributed by atoms with Crippen LogP contribution in [-0.2, 0) is 19.3 Å². The van der Waals surface area contributed by atoms with Crippen LogP contribution in [0.1, 0.15) is 46.5 Å². The van der Waals surface area contributed by atoms with Crippen molar-refractivity contribution in [1.82, 2.24) is 5.32 Å². The molecule has 5 heteroatoms. The molecule has 5 fully saturated rings. The van der Waals surface area contributed by atoms with E-state index in [1.165, 1.54) is 0 Å².